The average Bonchev–Trinajstić information content (AvgIpc) is 3.70. The van der Waals surface area contributed by atoms with Crippen LogP contribution in [0.2, 0.25) is 0 Å². The van der Waals surface area contributed by atoms with E-state index in [0.717, 1.165) is 49.8 Å². The summed E-state index contributed by atoms with van der Waals surface area (Å²) in [5.74, 6) is 0. The fraction of sp³-hybridized carbons (Fsp3) is 0.500. The van der Waals surface area contributed by atoms with Crippen LogP contribution in [0.4, 0.5) is 4.79 Å². The van der Waals surface area contributed by atoms with Crippen molar-refractivity contribution in [2.75, 3.05) is 19.6 Å². The third-order valence-electron chi connectivity index (χ3n) is 8.79. The highest BCUT2D eigenvalue weighted by Gasteiger charge is 2.56. The zero-order valence-electron chi connectivity index (χ0n) is 21.0. The van der Waals surface area contributed by atoms with Crippen molar-refractivity contribution in [1.29, 1.82) is 0 Å². The van der Waals surface area contributed by atoms with E-state index in [1.807, 2.05) is 46.2 Å². The van der Waals surface area contributed by atoms with Crippen LogP contribution in [0.15, 0.2) is 64.4 Å². The molecule has 2 amide bonds. The minimum atomic E-state index is -1.09. The molecule has 1 aromatic carbocycles. The maximum Gasteiger partial charge on any atom is 0.320 e. The summed E-state index contributed by atoms with van der Waals surface area (Å²) in [5.41, 5.74) is 0.590. The van der Waals surface area contributed by atoms with E-state index < -0.39 is 11.0 Å². The highest BCUT2D eigenvalue weighted by atomic mass is 16.5. The van der Waals surface area contributed by atoms with Gasteiger partial charge in [0.05, 0.1) is 30.2 Å². The van der Waals surface area contributed by atoms with Gasteiger partial charge >= 0.3 is 6.03 Å². The molecular weight excluding hydrogens is 470 g/mol. The lowest BCUT2D eigenvalue weighted by molar-refractivity contribution is -0.136. The number of nitrogens with zero attached hydrogens (tertiary/aromatic N) is 5. The van der Waals surface area contributed by atoms with Gasteiger partial charge < -0.3 is 19.4 Å². The molecular formula is C28H33N5O4. The van der Waals surface area contributed by atoms with E-state index >= 15 is 0 Å². The van der Waals surface area contributed by atoms with Crippen molar-refractivity contribution in [3.63, 3.8) is 0 Å². The van der Waals surface area contributed by atoms with Gasteiger partial charge in [-0.1, -0.05) is 48.3 Å². The van der Waals surface area contributed by atoms with Crippen LogP contribution in [0, 0.1) is 5.41 Å². The van der Waals surface area contributed by atoms with E-state index in [1.165, 1.54) is 10.6 Å². The van der Waals surface area contributed by atoms with Crippen LogP contribution in [0.1, 0.15) is 56.7 Å². The number of benzene rings is 1. The number of carbonyl (C=O) groups excluding carboxylic acids is 1. The predicted molar refractivity (Wildman–Crippen MR) is 137 cm³/mol. The Morgan fingerprint density at radius 1 is 1.08 bits per heavy atom. The molecule has 0 bridgehead atoms. The molecule has 1 spiro atoms. The lowest BCUT2D eigenvalue weighted by Crippen LogP contribution is -2.63. The van der Waals surface area contributed by atoms with E-state index in [2.05, 4.69) is 10.1 Å². The first-order valence-electron chi connectivity index (χ1n) is 13.3. The third kappa shape index (κ3) is 4.25. The van der Waals surface area contributed by atoms with Crippen LogP contribution >= 0.6 is 0 Å². The van der Waals surface area contributed by atoms with Crippen LogP contribution in [-0.4, -0.2) is 60.9 Å². The molecule has 6 rings (SSSR count). The predicted octanol–water partition coefficient (Wildman–Crippen LogP) is 3.85. The highest BCUT2D eigenvalue weighted by Crippen LogP contribution is 2.52. The summed E-state index contributed by atoms with van der Waals surface area (Å²) in [4.78, 5) is 35.1. The molecule has 1 aliphatic carbocycles. The number of piperidine rings is 1. The van der Waals surface area contributed by atoms with E-state index in [0.29, 0.717) is 31.7 Å². The Balaban J connectivity index is 1.22. The normalized spacial score (nSPS) is 25.2. The summed E-state index contributed by atoms with van der Waals surface area (Å²) in [6.45, 7) is 1.82. The number of hydrogen-bond donors (Lipinski definition) is 1. The molecule has 3 fully saturated rings. The number of hydrogen-bond acceptors (Lipinski definition) is 6. The molecule has 1 unspecified atom stereocenters. The van der Waals surface area contributed by atoms with Crippen LogP contribution in [-0.2, 0) is 6.54 Å². The molecule has 9 nitrogen and oxygen atoms in total. The molecule has 0 radical (unpaired) electrons. The number of carbonyl (C=O) groups is 1. The molecule has 3 aromatic rings. The van der Waals surface area contributed by atoms with Crippen molar-refractivity contribution in [1.82, 2.24) is 24.5 Å². The fourth-order valence-corrected chi connectivity index (χ4v) is 6.73. The Kier molecular flexibility index (Phi) is 6.10. The number of aromatic nitrogens is 3. The largest absolute Gasteiger partial charge is 0.387 e. The molecule has 1 N–H and O–H groups in total. The summed E-state index contributed by atoms with van der Waals surface area (Å²) in [6, 6.07) is 12.9. The minimum absolute atomic E-state index is 0.00451. The van der Waals surface area contributed by atoms with Crippen molar-refractivity contribution >= 4 is 6.03 Å². The summed E-state index contributed by atoms with van der Waals surface area (Å²) >= 11 is 0. The Morgan fingerprint density at radius 2 is 1.89 bits per heavy atom. The van der Waals surface area contributed by atoms with Gasteiger partial charge in [0.2, 0.25) is 0 Å². The first kappa shape index (κ1) is 23.9. The molecule has 9 heteroatoms. The maximum absolute atomic E-state index is 13.7. The molecule has 2 aromatic heterocycles. The summed E-state index contributed by atoms with van der Waals surface area (Å²) < 4.78 is 6.57. The van der Waals surface area contributed by atoms with Crippen molar-refractivity contribution in [2.45, 2.75) is 63.1 Å². The smallest absolute Gasteiger partial charge is 0.320 e. The van der Waals surface area contributed by atoms with Gasteiger partial charge in [0, 0.05) is 42.7 Å². The topological polar surface area (TPSA) is 105 Å². The molecule has 3 aliphatic rings. The third-order valence-corrected chi connectivity index (χ3v) is 8.79. The second kappa shape index (κ2) is 9.45. The first-order chi connectivity index (χ1) is 18.0. The van der Waals surface area contributed by atoms with Crippen LogP contribution < -0.4 is 5.56 Å². The molecule has 4 heterocycles. The fourth-order valence-electron chi connectivity index (χ4n) is 6.73. The van der Waals surface area contributed by atoms with Crippen LogP contribution in [0.5, 0.6) is 0 Å². The minimum Gasteiger partial charge on any atom is -0.387 e. The van der Waals surface area contributed by atoms with Crippen molar-refractivity contribution in [3.05, 3.63) is 71.1 Å². The molecule has 1 saturated carbocycles. The van der Waals surface area contributed by atoms with E-state index in [4.69, 9.17) is 4.52 Å². The number of rotatable bonds is 4. The van der Waals surface area contributed by atoms with Gasteiger partial charge in [-0.25, -0.2) is 9.78 Å². The van der Waals surface area contributed by atoms with Gasteiger partial charge in [-0.05, 0) is 32.1 Å². The van der Waals surface area contributed by atoms with Crippen LogP contribution in [0.25, 0.3) is 11.3 Å². The second-order valence-corrected chi connectivity index (χ2v) is 10.9. The van der Waals surface area contributed by atoms with E-state index in [9.17, 15) is 14.7 Å². The quantitative estimate of drug-likeness (QED) is 0.580. The Bertz CT molecular complexity index is 1300. The lowest BCUT2D eigenvalue weighted by Gasteiger charge is -2.53. The van der Waals surface area contributed by atoms with Crippen molar-refractivity contribution in [3.8, 4) is 11.3 Å². The zero-order valence-corrected chi connectivity index (χ0v) is 21.0. The Morgan fingerprint density at radius 3 is 2.62 bits per heavy atom. The molecule has 2 aliphatic heterocycles. The second-order valence-electron chi connectivity index (χ2n) is 10.9. The lowest BCUT2D eigenvalue weighted by atomic mass is 9.66. The molecule has 2 atom stereocenters. The van der Waals surface area contributed by atoms with Gasteiger partial charge in [-0.3, -0.25) is 9.36 Å². The maximum atomic E-state index is 13.7. The van der Waals surface area contributed by atoms with Crippen molar-refractivity contribution < 1.29 is 14.4 Å². The summed E-state index contributed by atoms with van der Waals surface area (Å²) in [6.07, 6.45) is 9.02. The standard InChI is InChI=1S/C28H33N5O4/c34-25-17-23(21-7-2-1-3-8-21)29-20-32(25)19-28(36)13-15-31(18-27(28)11-4-5-12-27)26(35)33-14-6-9-24(33)22-10-16-37-30-22/h1-3,7-8,10,16-17,20,24,36H,4-6,9,11-15,18-19H2/t24-,28?/m0/s1. The number of urea groups is 1. The van der Waals surface area contributed by atoms with Crippen LogP contribution in [0.3, 0.4) is 0 Å². The molecule has 2 saturated heterocycles. The first-order valence-corrected chi connectivity index (χ1v) is 13.3. The molecule has 37 heavy (non-hydrogen) atoms. The van der Waals surface area contributed by atoms with Gasteiger partial charge in [-0.2, -0.15) is 0 Å². The Hall–Kier alpha value is -3.46. The number of amides is 2. The average molecular weight is 504 g/mol. The Labute approximate surface area is 215 Å². The molecule has 194 valence electrons. The zero-order chi connectivity index (χ0) is 25.5. The number of aliphatic hydroxyl groups is 1. The summed E-state index contributed by atoms with van der Waals surface area (Å²) in [5, 5.41) is 16.2. The van der Waals surface area contributed by atoms with Gasteiger partial charge in [0.15, 0.2) is 0 Å². The van der Waals surface area contributed by atoms with Gasteiger partial charge in [0.1, 0.15) is 12.0 Å². The van der Waals surface area contributed by atoms with Gasteiger partial charge in [0.25, 0.3) is 5.56 Å². The monoisotopic (exact) mass is 503 g/mol. The van der Waals surface area contributed by atoms with Gasteiger partial charge in [-0.15, -0.1) is 0 Å². The SMILES string of the molecule is O=C(N1CCC(O)(Cn2cnc(-c3ccccc3)cc2=O)C2(CCCC2)C1)N1CCC[C@H]1c1ccon1. The summed E-state index contributed by atoms with van der Waals surface area (Å²) in [7, 11) is 0. The van der Waals surface area contributed by atoms with E-state index in [1.54, 1.807) is 12.6 Å². The number of likely N-dealkylation sites (tertiary alicyclic amines) is 2. The highest BCUT2D eigenvalue weighted by molar-refractivity contribution is 5.75. The van der Waals surface area contributed by atoms with E-state index in [-0.39, 0.29) is 24.2 Å². The van der Waals surface area contributed by atoms with Crippen molar-refractivity contribution in [2.24, 2.45) is 5.41 Å².